The van der Waals surface area contributed by atoms with Gasteiger partial charge in [0, 0.05) is 39.8 Å². The van der Waals surface area contributed by atoms with E-state index in [1.807, 2.05) is 64.2 Å². The minimum Gasteiger partial charge on any atom is -0.305 e. The first-order chi connectivity index (χ1) is 13.9. The molecule has 1 unspecified atom stereocenters. The Morgan fingerprint density at radius 2 is 1.76 bits per heavy atom. The maximum absolute atomic E-state index is 8.12. The Bertz CT molecular complexity index is 898. The summed E-state index contributed by atoms with van der Waals surface area (Å²) in [5.74, 6) is 0.287. The van der Waals surface area contributed by atoms with E-state index in [1.54, 1.807) is 17.5 Å². The molecule has 3 aromatic rings. The molecule has 0 aliphatic carbocycles. The maximum atomic E-state index is 8.12. The number of pyridine rings is 1. The first kappa shape index (κ1) is 24.4. The van der Waals surface area contributed by atoms with Crippen molar-refractivity contribution >= 4 is 22.8 Å². The van der Waals surface area contributed by atoms with Gasteiger partial charge in [0.2, 0.25) is 0 Å². The summed E-state index contributed by atoms with van der Waals surface area (Å²) in [5, 5.41) is 17.6. The molecule has 0 amide bonds. The van der Waals surface area contributed by atoms with Gasteiger partial charge in [-0.15, -0.1) is 11.3 Å². The van der Waals surface area contributed by atoms with E-state index in [2.05, 4.69) is 36.3 Å². The molecule has 2 N–H and O–H groups in total. The summed E-state index contributed by atoms with van der Waals surface area (Å²) in [7, 11) is 0. The Morgan fingerprint density at radius 1 is 1.07 bits per heavy atom. The van der Waals surface area contributed by atoms with Crippen molar-refractivity contribution in [2.24, 2.45) is 5.92 Å². The zero-order valence-electron chi connectivity index (χ0n) is 18.4. The van der Waals surface area contributed by atoms with Gasteiger partial charge in [0.1, 0.15) is 0 Å². The topological polar surface area (TPSA) is 60.6 Å². The lowest BCUT2D eigenvalue weighted by Gasteiger charge is -2.11. The van der Waals surface area contributed by atoms with Crippen LogP contribution in [0.2, 0.25) is 0 Å². The van der Waals surface area contributed by atoms with Crippen molar-refractivity contribution in [1.29, 1.82) is 10.8 Å². The highest BCUT2D eigenvalue weighted by atomic mass is 32.1. The Morgan fingerprint density at radius 3 is 2.28 bits per heavy atom. The van der Waals surface area contributed by atoms with Gasteiger partial charge < -0.3 is 10.8 Å². The highest BCUT2D eigenvalue weighted by Crippen LogP contribution is 2.25. The molecule has 0 spiro atoms. The molecule has 0 saturated carbocycles. The van der Waals surface area contributed by atoms with E-state index in [0.717, 1.165) is 23.1 Å². The quantitative estimate of drug-likeness (QED) is 0.419. The minimum atomic E-state index is 0.287. The van der Waals surface area contributed by atoms with Crippen molar-refractivity contribution in [3.63, 3.8) is 0 Å². The molecule has 3 nitrogen and oxygen atoms in total. The third-order valence-corrected chi connectivity index (χ3v) is 5.43. The van der Waals surface area contributed by atoms with Crippen molar-refractivity contribution in [2.75, 3.05) is 0 Å². The molecule has 1 atom stereocenters. The van der Waals surface area contributed by atoms with Crippen LogP contribution in [0.15, 0.2) is 60.2 Å². The van der Waals surface area contributed by atoms with E-state index in [9.17, 15) is 0 Å². The van der Waals surface area contributed by atoms with Gasteiger partial charge in [-0.2, -0.15) is 0 Å². The van der Waals surface area contributed by atoms with Crippen molar-refractivity contribution < 1.29 is 0 Å². The van der Waals surface area contributed by atoms with Crippen LogP contribution in [0, 0.1) is 23.7 Å². The third kappa shape index (κ3) is 7.39. The first-order valence-electron chi connectivity index (χ1n) is 10.1. The first-order valence-corrected chi connectivity index (χ1v) is 11.0. The molecule has 1 aromatic carbocycles. The fourth-order valence-corrected chi connectivity index (χ4v) is 3.36. The van der Waals surface area contributed by atoms with Crippen LogP contribution in [0.3, 0.4) is 0 Å². The van der Waals surface area contributed by atoms with Crippen LogP contribution in [0.25, 0.3) is 10.4 Å². The zero-order chi connectivity index (χ0) is 21.8. The van der Waals surface area contributed by atoms with Crippen molar-refractivity contribution in [2.45, 2.75) is 48.0 Å². The predicted molar refractivity (Wildman–Crippen MR) is 129 cm³/mol. The fraction of sp³-hybridized carbons (Fsp3) is 0.320. The standard InChI is InChI=1S/C14H16N2S.C9H11N.C2H6/c1-3-10(2)14(15)12-7-11(8-16-9-12)13-5-4-6-17-13;1-7-5-3-4-6-9(7)8(2)10;1-2/h4-10,15H,3H2,1-2H3;3-6,10H,1-2H3;1-2H3. The SMILES string of the molecule is CC.CC(=N)c1ccccc1C.CCC(C)C(=N)c1cncc(-c2cccs2)c1. The van der Waals surface area contributed by atoms with Crippen LogP contribution in [0.1, 0.15) is 57.7 Å². The molecule has 29 heavy (non-hydrogen) atoms. The van der Waals surface area contributed by atoms with E-state index in [1.165, 1.54) is 10.4 Å². The number of thiophene rings is 1. The number of aryl methyl sites for hydroxylation is 1. The molecule has 0 fully saturated rings. The molecule has 0 aliphatic rings. The van der Waals surface area contributed by atoms with Crippen molar-refractivity contribution in [3.8, 4) is 10.4 Å². The molecule has 2 heterocycles. The van der Waals surface area contributed by atoms with Gasteiger partial charge in [-0.3, -0.25) is 4.98 Å². The van der Waals surface area contributed by atoms with E-state index < -0.39 is 0 Å². The van der Waals surface area contributed by atoms with E-state index in [0.29, 0.717) is 11.4 Å². The van der Waals surface area contributed by atoms with Crippen LogP contribution < -0.4 is 0 Å². The normalized spacial score (nSPS) is 10.7. The van der Waals surface area contributed by atoms with Gasteiger partial charge in [-0.05, 0) is 54.8 Å². The summed E-state index contributed by atoms with van der Waals surface area (Å²) in [4.78, 5) is 5.45. The average molecular weight is 408 g/mol. The molecule has 0 aliphatic heterocycles. The second-order valence-corrected chi connectivity index (χ2v) is 7.55. The maximum Gasteiger partial charge on any atom is 0.0429 e. The smallest absolute Gasteiger partial charge is 0.0429 e. The lowest BCUT2D eigenvalue weighted by Crippen LogP contribution is -2.10. The molecular weight excluding hydrogens is 374 g/mol. The summed E-state index contributed by atoms with van der Waals surface area (Å²) in [6, 6.07) is 14.1. The minimum absolute atomic E-state index is 0.287. The Balaban J connectivity index is 0.000000299. The largest absolute Gasteiger partial charge is 0.305 e. The molecular formula is C25H33N3S. The second-order valence-electron chi connectivity index (χ2n) is 6.60. The number of benzene rings is 1. The number of nitrogens with zero attached hydrogens (tertiary/aromatic N) is 1. The van der Waals surface area contributed by atoms with Crippen LogP contribution >= 0.6 is 11.3 Å². The van der Waals surface area contributed by atoms with E-state index in [4.69, 9.17) is 10.8 Å². The molecule has 2 aromatic heterocycles. The summed E-state index contributed by atoms with van der Waals surface area (Å²) in [6.45, 7) is 12.0. The monoisotopic (exact) mass is 407 g/mol. The average Bonchev–Trinajstić information content (AvgIpc) is 3.30. The van der Waals surface area contributed by atoms with Crippen molar-refractivity contribution in [3.05, 3.63) is 76.9 Å². The lowest BCUT2D eigenvalue weighted by molar-refractivity contribution is 0.736. The van der Waals surface area contributed by atoms with Crippen LogP contribution in [-0.2, 0) is 0 Å². The van der Waals surface area contributed by atoms with Gasteiger partial charge in [-0.25, -0.2) is 0 Å². The third-order valence-electron chi connectivity index (χ3n) is 4.51. The molecule has 0 saturated heterocycles. The van der Waals surface area contributed by atoms with Gasteiger partial charge >= 0.3 is 0 Å². The summed E-state index contributed by atoms with van der Waals surface area (Å²) < 4.78 is 0. The molecule has 0 bridgehead atoms. The number of aromatic nitrogens is 1. The molecule has 4 heteroatoms. The van der Waals surface area contributed by atoms with Gasteiger partial charge in [0.25, 0.3) is 0 Å². The molecule has 154 valence electrons. The fourth-order valence-electron chi connectivity index (χ4n) is 2.65. The highest BCUT2D eigenvalue weighted by molar-refractivity contribution is 7.13. The van der Waals surface area contributed by atoms with E-state index in [-0.39, 0.29) is 5.92 Å². The molecule has 0 radical (unpaired) electrons. The van der Waals surface area contributed by atoms with Crippen molar-refractivity contribution in [1.82, 2.24) is 4.98 Å². The number of nitrogens with one attached hydrogen (secondary N) is 2. The van der Waals surface area contributed by atoms with E-state index >= 15 is 0 Å². The van der Waals surface area contributed by atoms with Gasteiger partial charge in [0.15, 0.2) is 0 Å². The summed E-state index contributed by atoms with van der Waals surface area (Å²) in [5.41, 5.74) is 5.57. The lowest BCUT2D eigenvalue weighted by atomic mass is 9.96. The van der Waals surface area contributed by atoms with Crippen LogP contribution in [0.5, 0.6) is 0 Å². The number of hydrogen-bond donors (Lipinski definition) is 2. The van der Waals surface area contributed by atoms with Crippen LogP contribution in [0.4, 0.5) is 0 Å². The summed E-state index contributed by atoms with van der Waals surface area (Å²) >= 11 is 1.70. The Kier molecular flexibility index (Phi) is 10.8. The second kappa shape index (κ2) is 12.8. The van der Waals surface area contributed by atoms with Gasteiger partial charge in [0.05, 0.1) is 0 Å². The summed E-state index contributed by atoms with van der Waals surface area (Å²) in [6.07, 6.45) is 4.63. The number of hydrogen-bond acceptors (Lipinski definition) is 4. The Hall–Kier alpha value is -2.59. The predicted octanol–water partition coefficient (Wildman–Crippen LogP) is 7.63. The molecule has 3 rings (SSSR count). The van der Waals surface area contributed by atoms with Crippen LogP contribution in [-0.4, -0.2) is 16.4 Å². The zero-order valence-corrected chi connectivity index (χ0v) is 19.2. The number of rotatable bonds is 5. The van der Waals surface area contributed by atoms with Gasteiger partial charge in [-0.1, -0.05) is 58.0 Å². The highest BCUT2D eigenvalue weighted by Gasteiger charge is 2.10. The Labute approximate surface area is 179 Å².